The van der Waals surface area contributed by atoms with Crippen molar-refractivity contribution < 1.29 is 21.5 Å². The van der Waals surface area contributed by atoms with E-state index in [4.69, 9.17) is 0 Å². The molecule has 0 fully saturated rings. The summed E-state index contributed by atoms with van der Waals surface area (Å²) in [6.45, 7) is 3.47. The molecule has 0 aromatic carbocycles. The Bertz CT molecular complexity index is 64.1. The fourth-order valence-corrected chi connectivity index (χ4v) is 0.916. The summed E-state index contributed by atoms with van der Waals surface area (Å²) in [5, 5.41) is 0. The molecule has 0 aromatic heterocycles. The van der Waals surface area contributed by atoms with E-state index in [0.717, 1.165) is 9.94 Å². The summed E-state index contributed by atoms with van der Waals surface area (Å²) in [6, 6.07) is 0. The maximum absolute atomic E-state index is 3.44. The molecule has 1 nitrogen and oxygen atoms in total. The largest absolute Gasteiger partial charge is 1.00 e. The lowest BCUT2D eigenvalue weighted by atomic mass is 10.4. The highest BCUT2D eigenvalue weighted by atomic mass is 79.9. The standard InChI is InChI=1S/C6H15BrN.BrH/c1-4-5-8(2,3)6-7;/h4-6H2,1-3H3;1H/q+1;/p-1. The van der Waals surface area contributed by atoms with Crippen LogP contribution in [0.5, 0.6) is 0 Å². The summed E-state index contributed by atoms with van der Waals surface area (Å²) in [5.41, 5.74) is 1.06. The van der Waals surface area contributed by atoms with Crippen molar-refractivity contribution in [1.82, 2.24) is 0 Å². The van der Waals surface area contributed by atoms with Gasteiger partial charge in [-0.3, -0.25) is 0 Å². The fraction of sp³-hybridized carbons (Fsp3) is 1.00. The lowest BCUT2D eigenvalue weighted by Gasteiger charge is -2.26. The molecule has 0 aromatic rings. The van der Waals surface area contributed by atoms with Gasteiger partial charge in [0.05, 0.1) is 20.6 Å². The smallest absolute Gasteiger partial charge is 0.133 e. The Morgan fingerprint density at radius 1 is 1.33 bits per heavy atom. The minimum absolute atomic E-state index is 0. The van der Waals surface area contributed by atoms with Crippen LogP contribution in [-0.4, -0.2) is 30.6 Å². The normalized spacial score (nSPS) is 10.7. The third-order valence-electron chi connectivity index (χ3n) is 1.15. The van der Waals surface area contributed by atoms with Gasteiger partial charge in [-0.15, -0.1) is 0 Å². The maximum Gasteiger partial charge on any atom is 0.133 e. The third kappa shape index (κ3) is 6.81. The van der Waals surface area contributed by atoms with Gasteiger partial charge in [-0.25, -0.2) is 0 Å². The molecule has 0 amide bonds. The lowest BCUT2D eigenvalue weighted by molar-refractivity contribution is -0.876. The van der Waals surface area contributed by atoms with Crippen molar-refractivity contribution >= 4 is 15.9 Å². The Morgan fingerprint density at radius 2 is 1.78 bits per heavy atom. The molecule has 58 valence electrons. The molecule has 0 aliphatic rings. The molecule has 9 heavy (non-hydrogen) atoms. The van der Waals surface area contributed by atoms with Crippen LogP contribution in [0, 0.1) is 0 Å². The van der Waals surface area contributed by atoms with Crippen molar-refractivity contribution in [2.45, 2.75) is 13.3 Å². The van der Waals surface area contributed by atoms with Crippen LogP contribution in [0.4, 0.5) is 0 Å². The SMILES string of the molecule is CCC[N+](C)(C)CBr.[Br-]. The second-order valence-electron chi connectivity index (χ2n) is 2.78. The van der Waals surface area contributed by atoms with E-state index in [0.29, 0.717) is 0 Å². The van der Waals surface area contributed by atoms with Crippen LogP contribution in [-0.2, 0) is 0 Å². The van der Waals surface area contributed by atoms with Crippen LogP contribution in [0.15, 0.2) is 0 Å². The molecule has 0 radical (unpaired) electrons. The molecule has 0 rings (SSSR count). The molecule has 0 N–H and O–H groups in total. The lowest BCUT2D eigenvalue weighted by Crippen LogP contribution is -3.00. The molecule has 0 spiro atoms. The first-order valence-corrected chi connectivity index (χ1v) is 4.12. The molecule has 0 aliphatic heterocycles. The predicted molar refractivity (Wildman–Crippen MR) is 41.1 cm³/mol. The van der Waals surface area contributed by atoms with Crippen LogP contribution < -0.4 is 17.0 Å². The molecule has 3 heteroatoms. The molecule has 0 unspecified atom stereocenters. The van der Waals surface area contributed by atoms with Crippen LogP contribution in [0.25, 0.3) is 0 Å². The Kier molecular flexibility index (Phi) is 7.95. The van der Waals surface area contributed by atoms with Crippen LogP contribution in [0.1, 0.15) is 13.3 Å². The summed E-state index contributed by atoms with van der Waals surface area (Å²) in [5.74, 6) is 0. The van der Waals surface area contributed by atoms with Gasteiger partial charge in [0.25, 0.3) is 0 Å². The highest BCUT2D eigenvalue weighted by Gasteiger charge is 2.08. The number of hydrogen-bond donors (Lipinski definition) is 0. The van der Waals surface area contributed by atoms with E-state index in [-0.39, 0.29) is 17.0 Å². The third-order valence-corrected chi connectivity index (χ3v) is 2.51. The monoisotopic (exact) mass is 259 g/mol. The Balaban J connectivity index is 0. The van der Waals surface area contributed by atoms with E-state index < -0.39 is 0 Å². The van der Waals surface area contributed by atoms with E-state index >= 15 is 0 Å². The van der Waals surface area contributed by atoms with Gasteiger partial charge in [-0.05, 0) is 22.4 Å². The number of rotatable bonds is 3. The highest BCUT2D eigenvalue weighted by Crippen LogP contribution is 2.01. The quantitative estimate of drug-likeness (QED) is 0.341. The summed E-state index contributed by atoms with van der Waals surface area (Å²) < 4.78 is 1.08. The second kappa shape index (κ2) is 5.69. The maximum atomic E-state index is 3.44. The Labute approximate surface area is 76.9 Å². The van der Waals surface area contributed by atoms with Crippen LogP contribution in [0.2, 0.25) is 0 Å². The molecular formula is C6H15Br2N. The van der Waals surface area contributed by atoms with Crippen molar-refractivity contribution in [3.05, 3.63) is 0 Å². The zero-order chi connectivity index (χ0) is 6.62. The van der Waals surface area contributed by atoms with Gasteiger partial charge in [-0.1, -0.05) is 6.92 Å². The highest BCUT2D eigenvalue weighted by molar-refractivity contribution is 9.09. The Morgan fingerprint density at radius 3 is 1.89 bits per heavy atom. The summed E-state index contributed by atoms with van der Waals surface area (Å²) >= 11 is 3.44. The molecule has 0 atom stereocenters. The van der Waals surface area contributed by atoms with Gasteiger partial charge in [0, 0.05) is 0 Å². The molecule has 0 bridgehead atoms. The topological polar surface area (TPSA) is 0 Å². The minimum Gasteiger partial charge on any atom is -1.00 e. The van der Waals surface area contributed by atoms with E-state index in [2.05, 4.69) is 36.9 Å². The van der Waals surface area contributed by atoms with E-state index in [1.807, 2.05) is 0 Å². The number of alkyl halides is 1. The van der Waals surface area contributed by atoms with Gasteiger partial charge in [0.15, 0.2) is 0 Å². The summed E-state index contributed by atoms with van der Waals surface area (Å²) in [6.07, 6.45) is 1.26. The molecule has 0 heterocycles. The first-order valence-electron chi connectivity index (χ1n) is 3.00. The zero-order valence-corrected chi connectivity index (χ0v) is 9.50. The van der Waals surface area contributed by atoms with Crippen LogP contribution in [0.3, 0.4) is 0 Å². The zero-order valence-electron chi connectivity index (χ0n) is 6.32. The van der Waals surface area contributed by atoms with E-state index in [9.17, 15) is 0 Å². The van der Waals surface area contributed by atoms with Gasteiger partial charge < -0.3 is 21.5 Å². The van der Waals surface area contributed by atoms with E-state index in [1.165, 1.54) is 13.0 Å². The number of nitrogens with zero attached hydrogens (tertiary/aromatic N) is 1. The van der Waals surface area contributed by atoms with Gasteiger partial charge in [0.2, 0.25) is 0 Å². The number of halogens is 2. The van der Waals surface area contributed by atoms with Crippen molar-refractivity contribution in [2.24, 2.45) is 0 Å². The van der Waals surface area contributed by atoms with Crippen LogP contribution >= 0.6 is 15.9 Å². The van der Waals surface area contributed by atoms with Gasteiger partial charge in [-0.2, -0.15) is 0 Å². The predicted octanol–water partition coefficient (Wildman–Crippen LogP) is -1.17. The van der Waals surface area contributed by atoms with Gasteiger partial charge >= 0.3 is 0 Å². The first kappa shape index (κ1) is 12.6. The Hall–Kier alpha value is 0.920. The number of quaternary nitrogens is 1. The van der Waals surface area contributed by atoms with Crippen molar-refractivity contribution in [2.75, 3.05) is 26.1 Å². The summed E-state index contributed by atoms with van der Waals surface area (Å²) in [7, 11) is 4.44. The van der Waals surface area contributed by atoms with Crippen molar-refractivity contribution in [3.8, 4) is 0 Å². The molecule has 0 saturated carbocycles. The number of hydrogen-bond acceptors (Lipinski definition) is 0. The summed E-state index contributed by atoms with van der Waals surface area (Å²) in [4.78, 5) is 0. The fourth-order valence-electron chi connectivity index (χ4n) is 0.665. The average Bonchev–Trinajstić information content (AvgIpc) is 1.67. The minimum atomic E-state index is 0. The van der Waals surface area contributed by atoms with Crippen molar-refractivity contribution in [1.29, 1.82) is 0 Å². The van der Waals surface area contributed by atoms with Crippen molar-refractivity contribution in [3.63, 3.8) is 0 Å². The molecule has 0 saturated heterocycles. The van der Waals surface area contributed by atoms with E-state index in [1.54, 1.807) is 0 Å². The molecule has 0 aliphatic carbocycles. The first-order chi connectivity index (χ1) is 3.62. The van der Waals surface area contributed by atoms with Gasteiger partial charge in [0.1, 0.15) is 5.45 Å². The second-order valence-corrected chi connectivity index (χ2v) is 3.28. The average molecular weight is 261 g/mol. The molecular weight excluding hydrogens is 246 g/mol.